The molecular weight excluding hydrogens is 330 g/mol. The second kappa shape index (κ2) is 8.76. The van der Waals surface area contributed by atoms with E-state index in [1.165, 1.54) is 32.1 Å². The van der Waals surface area contributed by atoms with E-state index in [9.17, 15) is 5.11 Å². The molecule has 1 aliphatic rings. The molecule has 0 bridgehead atoms. The second-order valence-corrected chi connectivity index (χ2v) is 6.93. The predicted octanol–water partition coefficient (Wildman–Crippen LogP) is 3.75. The third-order valence-electron chi connectivity index (χ3n) is 4.29. The van der Waals surface area contributed by atoms with Gasteiger partial charge in [-0.25, -0.2) is 0 Å². The highest BCUT2D eigenvalue weighted by Gasteiger charge is 2.20. The minimum atomic E-state index is -0.473. The number of aliphatic hydroxyl groups is 1. The van der Waals surface area contributed by atoms with Crippen molar-refractivity contribution in [2.45, 2.75) is 51.2 Å². The summed E-state index contributed by atoms with van der Waals surface area (Å²) in [5.74, 6) is 1.55. The highest BCUT2D eigenvalue weighted by Crippen LogP contribution is 2.26. The standard InChI is InChI=1S/C17H26BrNO2/c1-13(14-5-3-2-4-6-14)19-11-16(20)12-21-17-9-7-15(18)8-10-17/h7-10,13-14,16,19-20H,2-6,11-12H2,1H3/t13-,16?/m1/s1. The molecule has 1 aliphatic carbocycles. The lowest BCUT2D eigenvalue weighted by atomic mass is 9.84. The van der Waals surface area contributed by atoms with Crippen LogP contribution < -0.4 is 10.1 Å². The van der Waals surface area contributed by atoms with Gasteiger partial charge in [0, 0.05) is 17.1 Å². The van der Waals surface area contributed by atoms with Crippen LogP contribution in [0.3, 0.4) is 0 Å². The summed E-state index contributed by atoms with van der Waals surface area (Å²) in [5.41, 5.74) is 0. The molecule has 4 heteroatoms. The minimum absolute atomic E-state index is 0.325. The summed E-state index contributed by atoms with van der Waals surface area (Å²) in [7, 11) is 0. The van der Waals surface area contributed by atoms with Crippen molar-refractivity contribution in [3.63, 3.8) is 0 Å². The number of hydrogen-bond donors (Lipinski definition) is 2. The van der Waals surface area contributed by atoms with E-state index in [0.717, 1.165) is 16.1 Å². The highest BCUT2D eigenvalue weighted by molar-refractivity contribution is 9.10. The van der Waals surface area contributed by atoms with E-state index in [1.807, 2.05) is 24.3 Å². The molecular formula is C17H26BrNO2. The van der Waals surface area contributed by atoms with E-state index < -0.39 is 6.10 Å². The summed E-state index contributed by atoms with van der Waals surface area (Å²) in [6.45, 7) is 3.15. The van der Waals surface area contributed by atoms with Crippen LogP contribution in [-0.2, 0) is 0 Å². The Morgan fingerprint density at radius 1 is 1.24 bits per heavy atom. The summed E-state index contributed by atoms with van der Waals surface area (Å²) < 4.78 is 6.62. The molecule has 0 heterocycles. The fraction of sp³-hybridized carbons (Fsp3) is 0.647. The molecule has 2 N–H and O–H groups in total. The lowest BCUT2D eigenvalue weighted by Gasteiger charge is -2.29. The van der Waals surface area contributed by atoms with Gasteiger partial charge in [0.15, 0.2) is 0 Å². The van der Waals surface area contributed by atoms with Crippen LogP contribution in [0, 0.1) is 5.92 Å². The van der Waals surface area contributed by atoms with E-state index >= 15 is 0 Å². The Hall–Kier alpha value is -0.580. The van der Waals surface area contributed by atoms with Crippen molar-refractivity contribution in [3.8, 4) is 5.75 Å². The van der Waals surface area contributed by atoms with E-state index in [2.05, 4.69) is 28.2 Å². The maximum Gasteiger partial charge on any atom is 0.119 e. The lowest BCUT2D eigenvalue weighted by molar-refractivity contribution is 0.100. The molecule has 2 atom stereocenters. The zero-order valence-electron chi connectivity index (χ0n) is 12.7. The third kappa shape index (κ3) is 5.97. The van der Waals surface area contributed by atoms with Crippen molar-refractivity contribution in [1.29, 1.82) is 0 Å². The van der Waals surface area contributed by atoms with Gasteiger partial charge in [0.25, 0.3) is 0 Å². The monoisotopic (exact) mass is 355 g/mol. The summed E-state index contributed by atoms with van der Waals surface area (Å²) in [6, 6.07) is 8.15. The normalized spacial score (nSPS) is 19.2. The number of nitrogens with one attached hydrogen (secondary N) is 1. The number of benzene rings is 1. The van der Waals surface area contributed by atoms with E-state index in [4.69, 9.17) is 4.74 Å². The molecule has 0 aliphatic heterocycles. The molecule has 1 aromatic carbocycles. The molecule has 1 aromatic rings. The van der Waals surface area contributed by atoms with Crippen LogP contribution in [0.15, 0.2) is 28.7 Å². The van der Waals surface area contributed by atoms with Gasteiger partial charge in [-0.1, -0.05) is 35.2 Å². The van der Waals surface area contributed by atoms with Crippen LogP contribution in [0.2, 0.25) is 0 Å². The maximum absolute atomic E-state index is 10.0. The average Bonchev–Trinajstić information content (AvgIpc) is 2.53. The molecule has 21 heavy (non-hydrogen) atoms. The molecule has 1 saturated carbocycles. The first kappa shape index (κ1) is 16.8. The van der Waals surface area contributed by atoms with Crippen molar-refractivity contribution >= 4 is 15.9 Å². The Morgan fingerprint density at radius 2 is 1.90 bits per heavy atom. The Labute approximate surface area is 136 Å². The van der Waals surface area contributed by atoms with Gasteiger partial charge in [0.05, 0.1) is 0 Å². The fourth-order valence-electron chi connectivity index (χ4n) is 2.90. The third-order valence-corrected chi connectivity index (χ3v) is 4.82. The van der Waals surface area contributed by atoms with Crippen LogP contribution >= 0.6 is 15.9 Å². The van der Waals surface area contributed by atoms with Gasteiger partial charge in [-0.2, -0.15) is 0 Å². The molecule has 2 rings (SSSR count). The van der Waals surface area contributed by atoms with Gasteiger partial charge in [0.2, 0.25) is 0 Å². The zero-order chi connectivity index (χ0) is 15.1. The van der Waals surface area contributed by atoms with Crippen molar-refractivity contribution in [1.82, 2.24) is 5.32 Å². The largest absolute Gasteiger partial charge is 0.491 e. The van der Waals surface area contributed by atoms with E-state index in [1.54, 1.807) is 0 Å². The molecule has 118 valence electrons. The Morgan fingerprint density at radius 3 is 2.57 bits per heavy atom. The summed E-state index contributed by atoms with van der Waals surface area (Å²) >= 11 is 3.39. The van der Waals surface area contributed by atoms with Crippen molar-refractivity contribution in [2.75, 3.05) is 13.2 Å². The summed E-state index contributed by atoms with van der Waals surface area (Å²) in [4.78, 5) is 0. The predicted molar refractivity (Wildman–Crippen MR) is 89.7 cm³/mol. The molecule has 0 amide bonds. The molecule has 0 radical (unpaired) electrons. The van der Waals surface area contributed by atoms with E-state index in [0.29, 0.717) is 19.2 Å². The number of rotatable bonds is 7. The quantitative estimate of drug-likeness (QED) is 0.782. The van der Waals surface area contributed by atoms with Crippen LogP contribution in [0.5, 0.6) is 5.75 Å². The first-order chi connectivity index (χ1) is 10.1. The molecule has 0 aromatic heterocycles. The van der Waals surface area contributed by atoms with Gasteiger partial charge in [-0.3, -0.25) is 0 Å². The minimum Gasteiger partial charge on any atom is -0.491 e. The van der Waals surface area contributed by atoms with Crippen molar-refractivity contribution < 1.29 is 9.84 Å². The van der Waals surface area contributed by atoms with Gasteiger partial charge in [0.1, 0.15) is 18.5 Å². The van der Waals surface area contributed by atoms with Gasteiger partial charge in [-0.15, -0.1) is 0 Å². The number of halogens is 1. The van der Waals surface area contributed by atoms with Gasteiger partial charge >= 0.3 is 0 Å². The fourth-order valence-corrected chi connectivity index (χ4v) is 3.17. The van der Waals surface area contributed by atoms with Crippen LogP contribution in [0.4, 0.5) is 0 Å². The molecule has 1 unspecified atom stereocenters. The summed E-state index contributed by atoms with van der Waals surface area (Å²) in [6.07, 6.45) is 6.25. The molecule has 1 fully saturated rings. The van der Waals surface area contributed by atoms with Crippen LogP contribution in [0.1, 0.15) is 39.0 Å². The Bertz CT molecular complexity index is 404. The smallest absolute Gasteiger partial charge is 0.119 e. The summed E-state index contributed by atoms with van der Waals surface area (Å²) in [5, 5.41) is 13.5. The number of aliphatic hydroxyl groups excluding tert-OH is 1. The van der Waals surface area contributed by atoms with Crippen molar-refractivity contribution in [2.24, 2.45) is 5.92 Å². The van der Waals surface area contributed by atoms with Crippen LogP contribution in [0.25, 0.3) is 0 Å². The first-order valence-corrected chi connectivity index (χ1v) is 8.74. The Balaban J connectivity index is 1.64. The topological polar surface area (TPSA) is 41.5 Å². The maximum atomic E-state index is 10.0. The van der Waals surface area contributed by atoms with E-state index in [-0.39, 0.29) is 0 Å². The zero-order valence-corrected chi connectivity index (χ0v) is 14.3. The van der Waals surface area contributed by atoms with Gasteiger partial charge < -0.3 is 15.2 Å². The lowest BCUT2D eigenvalue weighted by Crippen LogP contribution is -2.40. The highest BCUT2D eigenvalue weighted by atomic mass is 79.9. The average molecular weight is 356 g/mol. The van der Waals surface area contributed by atoms with Crippen LogP contribution in [-0.4, -0.2) is 30.4 Å². The number of hydrogen-bond acceptors (Lipinski definition) is 3. The van der Waals surface area contributed by atoms with Crippen molar-refractivity contribution in [3.05, 3.63) is 28.7 Å². The molecule has 3 nitrogen and oxygen atoms in total. The Kier molecular flexibility index (Phi) is 7.00. The molecule has 0 saturated heterocycles. The first-order valence-electron chi connectivity index (χ1n) is 7.95. The second-order valence-electron chi connectivity index (χ2n) is 6.01. The SMILES string of the molecule is C[C@@H](NCC(O)COc1ccc(Br)cc1)C1CCCCC1. The van der Waals surface area contributed by atoms with Gasteiger partial charge in [-0.05, 0) is 49.9 Å². The molecule has 0 spiro atoms. The number of ether oxygens (including phenoxy) is 1.